The van der Waals surface area contributed by atoms with Crippen molar-refractivity contribution in [3.05, 3.63) is 504 Å². The van der Waals surface area contributed by atoms with Crippen LogP contribution < -0.4 is 9.80 Å². The third-order valence-electron chi connectivity index (χ3n) is 24.6. The van der Waals surface area contributed by atoms with Crippen LogP contribution >= 0.6 is 0 Å². The normalized spacial score (nSPS) is 12.6. The molecule has 0 spiro atoms. The van der Waals surface area contributed by atoms with Crippen LogP contribution in [0.3, 0.4) is 0 Å². The standard InChI is InChI=1S/C114H84N2/c1-77-29-27-45-99(87-53-49-83(50-54-87)81-31-11-5-12-32-81)111(77)115(97-65-57-85(58-66-97)91-61-69-103-101-43-23-25-47-105(101)113(107(103)75-91,93-35-15-7-16-36-93)94-37-17-8-18-38-94)109-71-63-89(73-79(109)3)90-64-72-110(80(4)74-90)116(112-78(2)30-28-46-100(112)88-55-51-84(52-56-88)82-33-13-6-14-34-82)98-67-59-86(60-68-98)92-62-70-104-102-44-24-26-48-106(102)114(108(104)76-92,95-39-19-9-20-40-95)96-41-21-10-22-42-96/h5-76H,1-4H3. The summed E-state index contributed by atoms with van der Waals surface area (Å²) in [7, 11) is 0. The molecule has 2 nitrogen and oxygen atoms in total. The van der Waals surface area contributed by atoms with E-state index in [1.807, 2.05) is 0 Å². The lowest BCUT2D eigenvalue weighted by Gasteiger charge is -2.34. The molecule has 0 unspecified atom stereocenters. The molecule has 0 atom stereocenters. The molecule has 2 aliphatic rings. The van der Waals surface area contributed by atoms with Crippen LogP contribution in [0.1, 0.15) is 66.8 Å². The van der Waals surface area contributed by atoms with E-state index in [4.69, 9.17) is 0 Å². The molecule has 0 saturated heterocycles. The van der Waals surface area contributed by atoms with Crippen molar-refractivity contribution in [2.45, 2.75) is 38.5 Å². The van der Waals surface area contributed by atoms with Crippen LogP contribution in [-0.4, -0.2) is 0 Å². The van der Waals surface area contributed by atoms with Gasteiger partial charge in [0.2, 0.25) is 0 Å². The van der Waals surface area contributed by atoms with Gasteiger partial charge in [-0.05, 0) is 244 Å². The lowest BCUT2D eigenvalue weighted by Crippen LogP contribution is -2.28. The third kappa shape index (κ3) is 12.0. The van der Waals surface area contributed by atoms with E-state index in [-0.39, 0.29) is 0 Å². The van der Waals surface area contributed by atoms with Crippen LogP contribution in [0.15, 0.2) is 437 Å². The van der Waals surface area contributed by atoms with Gasteiger partial charge in [0.25, 0.3) is 0 Å². The number of rotatable bonds is 17. The van der Waals surface area contributed by atoms with E-state index in [0.29, 0.717) is 0 Å². The molecule has 0 amide bonds. The molecule has 0 fully saturated rings. The second-order valence-electron chi connectivity index (χ2n) is 31.2. The molecule has 2 aliphatic carbocycles. The lowest BCUT2D eigenvalue weighted by atomic mass is 9.67. The highest BCUT2D eigenvalue weighted by Gasteiger charge is 2.48. The van der Waals surface area contributed by atoms with Crippen LogP contribution in [0.4, 0.5) is 34.1 Å². The van der Waals surface area contributed by atoms with Gasteiger partial charge in [-0.1, -0.05) is 376 Å². The number of fused-ring (bicyclic) bond motifs is 6. The Hall–Kier alpha value is -14.4. The Bertz CT molecular complexity index is 6180. The summed E-state index contributed by atoms with van der Waals surface area (Å²) < 4.78 is 0. The van der Waals surface area contributed by atoms with Gasteiger partial charge in [-0.2, -0.15) is 0 Å². The van der Waals surface area contributed by atoms with E-state index in [1.54, 1.807) is 0 Å². The molecular formula is C114H84N2. The SMILES string of the molecule is Cc1cc(-c2ccc(N(c3ccc(-c4ccc5c(c4)C(c4ccccc4)(c4ccccc4)c4ccccc4-5)cc3)c3c(C)cccc3-c3ccc(-c4ccccc4)cc3)c(C)c2)ccc1N(c1ccc(-c2ccc3c(c2)C(c2ccccc2)(c2ccccc2)c2ccccc2-3)cc1)c1c(C)cccc1-c1ccc(-c2ccccc2)cc1. The second kappa shape index (κ2) is 29.6. The van der Waals surface area contributed by atoms with Crippen molar-refractivity contribution in [2.75, 3.05) is 9.80 Å². The minimum absolute atomic E-state index is 0.509. The average Bonchev–Trinajstić information content (AvgIpc) is 1.54. The average molecular weight is 1480 g/mol. The molecule has 18 aromatic carbocycles. The highest BCUT2D eigenvalue weighted by molar-refractivity contribution is 5.97. The summed E-state index contributed by atoms with van der Waals surface area (Å²) in [6, 6.07) is 163. The minimum Gasteiger partial charge on any atom is -0.309 e. The Morgan fingerprint density at radius 1 is 0.164 bits per heavy atom. The fraction of sp³-hybridized carbons (Fsp3) is 0.0526. The predicted molar refractivity (Wildman–Crippen MR) is 487 cm³/mol. The molecule has 2 heteroatoms. The summed E-state index contributed by atoms with van der Waals surface area (Å²) in [5, 5.41) is 0. The maximum atomic E-state index is 2.51. The van der Waals surface area contributed by atoms with E-state index in [9.17, 15) is 0 Å². The van der Waals surface area contributed by atoms with Crippen molar-refractivity contribution in [1.82, 2.24) is 0 Å². The topological polar surface area (TPSA) is 6.48 Å². The van der Waals surface area contributed by atoms with Gasteiger partial charge in [-0.3, -0.25) is 0 Å². The summed E-state index contributed by atoms with van der Waals surface area (Å²) in [6.45, 7) is 9.08. The molecule has 0 heterocycles. The van der Waals surface area contributed by atoms with Crippen LogP contribution in [-0.2, 0) is 10.8 Å². The summed E-state index contributed by atoms with van der Waals surface area (Å²) >= 11 is 0. The number of para-hydroxylation sites is 2. The summed E-state index contributed by atoms with van der Waals surface area (Å²) in [4.78, 5) is 5.01. The molecule has 0 radical (unpaired) electrons. The van der Waals surface area contributed by atoms with Crippen molar-refractivity contribution >= 4 is 34.1 Å². The molecule has 0 N–H and O–H groups in total. The first-order chi connectivity index (χ1) is 57.2. The zero-order valence-corrected chi connectivity index (χ0v) is 65.5. The van der Waals surface area contributed by atoms with Gasteiger partial charge >= 0.3 is 0 Å². The van der Waals surface area contributed by atoms with Gasteiger partial charge in [0.1, 0.15) is 0 Å². The largest absolute Gasteiger partial charge is 0.309 e. The van der Waals surface area contributed by atoms with Gasteiger partial charge < -0.3 is 9.80 Å². The summed E-state index contributed by atoms with van der Waals surface area (Å²) in [6.07, 6.45) is 0. The first-order valence-electron chi connectivity index (χ1n) is 40.4. The Balaban J connectivity index is 0.690. The lowest BCUT2D eigenvalue weighted by molar-refractivity contribution is 0.769. The van der Waals surface area contributed by atoms with Crippen molar-refractivity contribution in [1.29, 1.82) is 0 Å². The zero-order valence-electron chi connectivity index (χ0n) is 65.5. The molecule has 20 rings (SSSR count). The van der Waals surface area contributed by atoms with Crippen molar-refractivity contribution in [2.24, 2.45) is 0 Å². The van der Waals surface area contributed by atoms with Gasteiger partial charge in [-0.25, -0.2) is 0 Å². The first kappa shape index (κ1) is 70.7. The number of hydrogen-bond donors (Lipinski definition) is 0. The maximum absolute atomic E-state index is 2.51. The third-order valence-corrected chi connectivity index (χ3v) is 24.6. The van der Waals surface area contributed by atoms with Gasteiger partial charge in [0.15, 0.2) is 0 Å². The van der Waals surface area contributed by atoms with E-state index in [2.05, 4.69) is 474 Å². The Labute approximate surface area is 681 Å². The fourth-order valence-corrected chi connectivity index (χ4v) is 19.1. The first-order valence-corrected chi connectivity index (χ1v) is 40.4. The van der Waals surface area contributed by atoms with E-state index >= 15 is 0 Å². The summed E-state index contributed by atoms with van der Waals surface area (Å²) in [5.74, 6) is 0. The van der Waals surface area contributed by atoms with Crippen LogP contribution in [0.2, 0.25) is 0 Å². The molecule has 0 bridgehead atoms. The second-order valence-corrected chi connectivity index (χ2v) is 31.2. The van der Waals surface area contributed by atoms with E-state index < -0.39 is 10.8 Å². The van der Waals surface area contributed by atoms with Crippen molar-refractivity contribution < 1.29 is 0 Å². The quantitative estimate of drug-likeness (QED) is 0.0896. The minimum atomic E-state index is -0.509. The molecule has 18 aromatic rings. The Kier molecular flexibility index (Phi) is 18.0. The van der Waals surface area contributed by atoms with Gasteiger partial charge in [0.05, 0.1) is 22.2 Å². The molecule has 0 aromatic heterocycles. The predicted octanol–water partition coefficient (Wildman–Crippen LogP) is 30.3. The van der Waals surface area contributed by atoms with Crippen LogP contribution in [0.5, 0.6) is 0 Å². The molecular weight excluding hydrogens is 1400 g/mol. The zero-order chi connectivity index (χ0) is 77.9. The van der Waals surface area contributed by atoms with E-state index in [1.165, 1.54) is 111 Å². The fourth-order valence-electron chi connectivity index (χ4n) is 19.1. The maximum Gasteiger partial charge on any atom is 0.0713 e. The monoisotopic (exact) mass is 1480 g/mol. The van der Waals surface area contributed by atoms with Gasteiger partial charge in [0, 0.05) is 33.9 Å². The van der Waals surface area contributed by atoms with Gasteiger partial charge in [-0.15, -0.1) is 0 Å². The Morgan fingerprint density at radius 3 is 0.759 bits per heavy atom. The number of anilines is 6. The van der Waals surface area contributed by atoms with Crippen LogP contribution in [0.25, 0.3) is 100 Å². The molecule has 0 aliphatic heterocycles. The van der Waals surface area contributed by atoms with Crippen molar-refractivity contribution in [3.8, 4) is 100 Å². The highest BCUT2D eigenvalue weighted by Crippen LogP contribution is 2.59. The number of nitrogens with zero attached hydrogens (tertiary/aromatic N) is 2. The van der Waals surface area contributed by atoms with Crippen LogP contribution in [0, 0.1) is 27.7 Å². The molecule has 116 heavy (non-hydrogen) atoms. The molecule has 550 valence electrons. The number of aryl methyl sites for hydroxylation is 4. The summed E-state index contributed by atoms with van der Waals surface area (Å²) in [5.41, 5.74) is 41.9. The highest BCUT2D eigenvalue weighted by atomic mass is 15.2. The van der Waals surface area contributed by atoms with Crippen molar-refractivity contribution in [3.63, 3.8) is 0 Å². The number of hydrogen-bond acceptors (Lipinski definition) is 2. The smallest absolute Gasteiger partial charge is 0.0713 e. The number of benzene rings is 18. The Morgan fingerprint density at radius 2 is 0.414 bits per heavy atom. The van der Waals surface area contributed by atoms with E-state index in [0.717, 1.165) is 89.8 Å². The molecule has 0 saturated carbocycles.